The van der Waals surface area contributed by atoms with Gasteiger partial charge in [-0.1, -0.05) is 18.2 Å². The predicted octanol–water partition coefficient (Wildman–Crippen LogP) is 4.18. The van der Waals surface area contributed by atoms with Crippen LogP contribution in [0.2, 0.25) is 0 Å². The number of hydrogen-bond acceptors (Lipinski definition) is 3. The molecule has 0 amide bonds. The van der Waals surface area contributed by atoms with Gasteiger partial charge in [0, 0.05) is 10.6 Å². The van der Waals surface area contributed by atoms with E-state index in [0.29, 0.717) is 12.4 Å². The van der Waals surface area contributed by atoms with Gasteiger partial charge in [0.05, 0.1) is 6.61 Å². The molecule has 0 aliphatic carbocycles. The molecule has 2 rings (SSSR count). The van der Waals surface area contributed by atoms with Gasteiger partial charge < -0.3 is 9.84 Å². The summed E-state index contributed by atoms with van der Waals surface area (Å²) in [6.07, 6.45) is 0. The van der Waals surface area contributed by atoms with E-state index in [1.54, 1.807) is 23.9 Å². The maximum absolute atomic E-state index is 9.37. The van der Waals surface area contributed by atoms with Crippen LogP contribution in [0.1, 0.15) is 11.1 Å². The minimum Gasteiger partial charge on any atom is -0.508 e. The Balaban J connectivity index is 1.82. The van der Waals surface area contributed by atoms with Gasteiger partial charge in [0.2, 0.25) is 0 Å². The first-order chi connectivity index (χ1) is 9.15. The van der Waals surface area contributed by atoms with Crippen LogP contribution >= 0.6 is 11.8 Å². The third-order valence-electron chi connectivity index (χ3n) is 2.77. The summed E-state index contributed by atoms with van der Waals surface area (Å²) in [7, 11) is 0. The highest BCUT2D eigenvalue weighted by atomic mass is 32.2. The van der Waals surface area contributed by atoms with E-state index in [2.05, 4.69) is 32.0 Å². The molecule has 0 saturated heterocycles. The molecule has 100 valence electrons. The fraction of sp³-hybridized carbons (Fsp3) is 0.250. The van der Waals surface area contributed by atoms with E-state index in [-0.39, 0.29) is 0 Å². The molecule has 0 radical (unpaired) electrons. The lowest BCUT2D eigenvalue weighted by Gasteiger charge is -2.09. The maximum atomic E-state index is 9.37. The first-order valence-corrected chi connectivity index (χ1v) is 7.25. The van der Waals surface area contributed by atoms with Crippen molar-refractivity contribution in [2.24, 2.45) is 0 Å². The topological polar surface area (TPSA) is 29.5 Å². The smallest absolute Gasteiger partial charge is 0.122 e. The fourth-order valence-corrected chi connectivity index (χ4v) is 2.53. The molecule has 2 aromatic rings. The van der Waals surface area contributed by atoms with Gasteiger partial charge in [-0.3, -0.25) is 0 Å². The Bertz CT molecular complexity index is 552. The summed E-state index contributed by atoms with van der Waals surface area (Å²) in [5, 5.41) is 9.37. The third-order valence-corrected chi connectivity index (χ3v) is 3.73. The number of ether oxygens (including phenoxy) is 1. The molecule has 0 atom stereocenters. The van der Waals surface area contributed by atoms with Crippen molar-refractivity contribution in [1.82, 2.24) is 0 Å². The van der Waals surface area contributed by atoms with Gasteiger partial charge in [-0.25, -0.2) is 0 Å². The molecule has 2 aromatic carbocycles. The highest BCUT2D eigenvalue weighted by Gasteiger charge is 2.00. The van der Waals surface area contributed by atoms with Gasteiger partial charge >= 0.3 is 0 Å². The van der Waals surface area contributed by atoms with Crippen molar-refractivity contribution >= 4 is 11.8 Å². The lowest BCUT2D eigenvalue weighted by Crippen LogP contribution is -2.01. The molecule has 0 aromatic heterocycles. The van der Waals surface area contributed by atoms with Crippen molar-refractivity contribution in [2.45, 2.75) is 18.7 Å². The van der Waals surface area contributed by atoms with E-state index in [1.807, 2.05) is 12.1 Å². The minimum atomic E-state index is 0.306. The second kappa shape index (κ2) is 6.53. The summed E-state index contributed by atoms with van der Waals surface area (Å²) in [5.41, 5.74) is 2.37. The van der Waals surface area contributed by atoms with Crippen LogP contribution in [0.15, 0.2) is 47.4 Å². The second-order valence-corrected chi connectivity index (χ2v) is 5.63. The molecule has 19 heavy (non-hydrogen) atoms. The summed E-state index contributed by atoms with van der Waals surface area (Å²) >= 11 is 1.68. The van der Waals surface area contributed by atoms with Crippen molar-refractivity contribution in [3.8, 4) is 11.5 Å². The van der Waals surface area contributed by atoms with E-state index in [4.69, 9.17) is 4.74 Å². The Labute approximate surface area is 118 Å². The normalized spacial score (nSPS) is 10.4. The van der Waals surface area contributed by atoms with Crippen LogP contribution in [-0.4, -0.2) is 17.5 Å². The molecule has 0 aliphatic heterocycles. The zero-order valence-corrected chi connectivity index (χ0v) is 12.0. The van der Waals surface area contributed by atoms with E-state index < -0.39 is 0 Å². The number of hydrogen-bond donors (Lipinski definition) is 1. The number of aromatic hydroxyl groups is 1. The van der Waals surface area contributed by atoms with Gasteiger partial charge in [0.15, 0.2) is 0 Å². The van der Waals surface area contributed by atoms with Crippen molar-refractivity contribution in [3.63, 3.8) is 0 Å². The maximum Gasteiger partial charge on any atom is 0.122 e. The van der Waals surface area contributed by atoms with Crippen LogP contribution in [0.3, 0.4) is 0 Å². The Morgan fingerprint density at radius 3 is 2.74 bits per heavy atom. The molecular weight excluding hydrogens is 256 g/mol. The average molecular weight is 274 g/mol. The van der Waals surface area contributed by atoms with E-state index in [9.17, 15) is 5.11 Å². The van der Waals surface area contributed by atoms with Gasteiger partial charge in [0.25, 0.3) is 0 Å². The zero-order valence-electron chi connectivity index (χ0n) is 11.2. The van der Waals surface area contributed by atoms with E-state index in [1.165, 1.54) is 5.56 Å². The van der Waals surface area contributed by atoms with Gasteiger partial charge in [-0.05, 0) is 49.2 Å². The van der Waals surface area contributed by atoms with E-state index in [0.717, 1.165) is 22.0 Å². The molecule has 0 unspecified atom stereocenters. The average Bonchev–Trinajstić information content (AvgIpc) is 2.39. The van der Waals surface area contributed by atoms with Crippen LogP contribution < -0.4 is 4.74 Å². The van der Waals surface area contributed by atoms with Gasteiger partial charge in [-0.2, -0.15) is 0 Å². The lowest BCUT2D eigenvalue weighted by molar-refractivity contribution is 0.341. The largest absolute Gasteiger partial charge is 0.508 e. The highest BCUT2D eigenvalue weighted by molar-refractivity contribution is 7.99. The van der Waals surface area contributed by atoms with Crippen LogP contribution in [0.5, 0.6) is 11.5 Å². The SMILES string of the molecule is Cc1ccc(C)c(OCCSc2cccc(O)c2)c1. The van der Waals surface area contributed by atoms with Crippen LogP contribution in [0.25, 0.3) is 0 Å². The number of benzene rings is 2. The Hall–Kier alpha value is -1.61. The van der Waals surface area contributed by atoms with Crippen molar-refractivity contribution in [1.29, 1.82) is 0 Å². The molecule has 0 heterocycles. The Kier molecular flexibility index (Phi) is 4.74. The zero-order chi connectivity index (χ0) is 13.7. The monoisotopic (exact) mass is 274 g/mol. The molecule has 0 aliphatic rings. The molecule has 1 N–H and O–H groups in total. The van der Waals surface area contributed by atoms with Crippen LogP contribution in [-0.2, 0) is 0 Å². The van der Waals surface area contributed by atoms with E-state index >= 15 is 0 Å². The molecule has 0 bridgehead atoms. The molecular formula is C16H18O2S. The fourth-order valence-electron chi connectivity index (χ4n) is 1.75. The first-order valence-electron chi connectivity index (χ1n) is 6.27. The van der Waals surface area contributed by atoms with Crippen molar-refractivity contribution in [3.05, 3.63) is 53.6 Å². The number of thioether (sulfide) groups is 1. The molecule has 3 heteroatoms. The van der Waals surface area contributed by atoms with Crippen molar-refractivity contribution < 1.29 is 9.84 Å². The summed E-state index contributed by atoms with van der Waals surface area (Å²) in [6.45, 7) is 4.77. The number of aryl methyl sites for hydroxylation is 2. The summed E-state index contributed by atoms with van der Waals surface area (Å²) in [6, 6.07) is 13.5. The molecule has 0 saturated carbocycles. The van der Waals surface area contributed by atoms with Crippen LogP contribution in [0, 0.1) is 13.8 Å². The minimum absolute atomic E-state index is 0.306. The molecule has 0 fully saturated rings. The molecule has 0 spiro atoms. The third kappa shape index (κ3) is 4.21. The second-order valence-electron chi connectivity index (χ2n) is 4.46. The Morgan fingerprint density at radius 2 is 1.95 bits per heavy atom. The first kappa shape index (κ1) is 13.8. The number of phenols is 1. The summed E-state index contributed by atoms with van der Waals surface area (Å²) in [4.78, 5) is 1.06. The number of phenolic OH excluding ortho intramolecular Hbond substituents is 1. The van der Waals surface area contributed by atoms with Gasteiger partial charge in [0.1, 0.15) is 11.5 Å². The summed E-state index contributed by atoms with van der Waals surface area (Å²) < 4.78 is 5.79. The summed E-state index contributed by atoms with van der Waals surface area (Å²) in [5.74, 6) is 2.12. The van der Waals surface area contributed by atoms with Gasteiger partial charge in [-0.15, -0.1) is 11.8 Å². The standard InChI is InChI=1S/C16H18O2S/c1-12-6-7-13(2)16(10-12)18-8-9-19-15-5-3-4-14(17)11-15/h3-7,10-11,17H,8-9H2,1-2H3. The predicted molar refractivity (Wildman–Crippen MR) is 80.2 cm³/mol. The highest BCUT2D eigenvalue weighted by Crippen LogP contribution is 2.23. The van der Waals surface area contributed by atoms with Crippen LogP contribution in [0.4, 0.5) is 0 Å². The Morgan fingerprint density at radius 1 is 1.11 bits per heavy atom. The number of rotatable bonds is 5. The van der Waals surface area contributed by atoms with Crippen molar-refractivity contribution in [2.75, 3.05) is 12.4 Å². The molecule has 2 nitrogen and oxygen atoms in total. The quantitative estimate of drug-likeness (QED) is 0.655. The lowest BCUT2D eigenvalue weighted by atomic mass is 10.1.